The molecule has 39 heavy (non-hydrogen) atoms. The molecule has 7 heteroatoms. The smallest absolute Gasteiger partial charge is 0.224 e. The number of hydrogen-bond acceptors (Lipinski definition) is 6. The molecule has 5 rings (SSSR count). The number of rotatable bonds is 11. The van der Waals surface area contributed by atoms with Crippen LogP contribution in [-0.2, 0) is 6.42 Å². The summed E-state index contributed by atoms with van der Waals surface area (Å²) in [6, 6.07) is 9.46. The molecule has 1 saturated heterocycles. The van der Waals surface area contributed by atoms with Gasteiger partial charge in [0.1, 0.15) is 5.65 Å². The van der Waals surface area contributed by atoms with Crippen molar-refractivity contribution in [3.63, 3.8) is 0 Å². The van der Waals surface area contributed by atoms with Crippen LogP contribution in [0.1, 0.15) is 76.8 Å². The molecule has 1 aromatic carbocycles. The fourth-order valence-corrected chi connectivity index (χ4v) is 6.30. The molecule has 7 nitrogen and oxygen atoms in total. The summed E-state index contributed by atoms with van der Waals surface area (Å²) in [5, 5.41) is 23.9. The van der Waals surface area contributed by atoms with E-state index < -0.39 is 0 Å². The normalized spacial score (nSPS) is 21.8. The molecule has 0 amide bonds. The van der Waals surface area contributed by atoms with Crippen LogP contribution in [0.5, 0.6) is 0 Å². The summed E-state index contributed by atoms with van der Waals surface area (Å²) in [5.74, 6) is 2.11. The second-order valence-corrected chi connectivity index (χ2v) is 12.0. The third kappa shape index (κ3) is 7.00. The Morgan fingerprint density at radius 1 is 1.05 bits per heavy atom. The molecule has 0 bridgehead atoms. The molecule has 1 saturated carbocycles. The van der Waals surface area contributed by atoms with Gasteiger partial charge in [-0.25, -0.2) is 4.98 Å². The van der Waals surface area contributed by atoms with Gasteiger partial charge in [0.2, 0.25) is 5.95 Å². The second kappa shape index (κ2) is 13.2. The van der Waals surface area contributed by atoms with E-state index in [9.17, 15) is 10.2 Å². The predicted octanol–water partition coefficient (Wildman–Crippen LogP) is 5.67. The Morgan fingerprint density at radius 3 is 2.49 bits per heavy atom. The lowest BCUT2D eigenvalue weighted by Gasteiger charge is -2.31. The van der Waals surface area contributed by atoms with Gasteiger partial charge >= 0.3 is 0 Å². The van der Waals surface area contributed by atoms with Gasteiger partial charge < -0.3 is 25.0 Å². The van der Waals surface area contributed by atoms with Gasteiger partial charge in [0.25, 0.3) is 0 Å². The molecule has 2 aliphatic rings. The highest BCUT2D eigenvalue weighted by Gasteiger charge is 2.25. The number of aliphatic hydroxyl groups excluding tert-OH is 2. The van der Waals surface area contributed by atoms with Crippen molar-refractivity contribution in [3.05, 3.63) is 42.2 Å². The van der Waals surface area contributed by atoms with Crippen molar-refractivity contribution < 1.29 is 10.2 Å². The summed E-state index contributed by atoms with van der Waals surface area (Å²) >= 11 is 0. The first-order valence-electron chi connectivity index (χ1n) is 15.3. The second-order valence-electron chi connectivity index (χ2n) is 12.0. The monoisotopic (exact) mass is 533 g/mol. The number of anilines is 1. The number of β-amino-alcohol motifs (C(OH)–C–C–N with tert-alkyl or cyclic N) is 1. The van der Waals surface area contributed by atoms with Gasteiger partial charge in [-0.05, 0) is 87.4 Å². The van der Waals surface area contributed by atoms with E-state index in [1.54, 1.807) is 0 Å². The van der Waals surface area contributed by atoms with E-state index >= 15 is 0 Å². The summed E-state index contributed by atoms with van der Waals surface area (Å²) in [6.07, 6.45) is 13.6. The Morgan fingerprint density at radius 2 is 1.79 bits per heavy atom. The van der Waals surface area contributed by atoms with E-state index in [0.29, 0.717) is 23.8 Å². The molecule has 1 atom stereocenters. The van der Waals surface area contributed by atoms with Crippen LogP contribution in [0.4, 0.5) is 5.95 Å². The highest BCUT2D eigenvalue weighted by atomic mass is 16.3. The number of piperidine rings is 1. The standard InChI is InChI=1S/C32H47N5O2/c1-3-23(2)12-15-33-32-34-21-29-30(22-37(31(29)35-32)27-8-10-28(39)11-9-27)26-6-4-24(5-7-26)20-25-13-16-36(17-14-25)18-19-38/h4-7,21-23,25,27-28,38-39H,3,8-20H2,1-2H3,(H,33,34,35)/t23?,27-,28-. The molecule has 1 unspecified atom stereocenters. The van der Waals surface area contributed by atoms with E-state index in [0.717, 1.165) is 75.7 Å². The number of aromatic nitrogens is 3. The van der Waals surface area contributed by atoms with Gasteiger partial charge in [0.05, 0.1) is 12.7 Å². The number of benzene rings is 1. The van der Waals surface area contributed by atoms with Gasteiger partial charge in [0.15, 0.2) is 0 Å². The Balaban J connectivity index is 1.35. The summed E-state index contributed by atoms with van der Waals surface area (Å²) in [4.78, 5) is 12.1. The summed E-state index contributed by atoms with van der Waals surface area (Å²) in [6.45, 7) is 8.64. The Labute approximate surface area is 233 Å². The van der Waals surface area contributed by atoms with E-state index in [4.69, 9.17) is 9.97 Å². The van der Waals surface area contributed by atoms with Crippen LogP contribution in [0.15, 0.2) is 36.7 Å². The number of nitrogens with zero attached hydrogens (tertiary/aromatic N) is 4. The summed E-state index contributed by atoms with van der Waals surface area (Å²) in [5.41, 5.74) is 4.78. The van der Waals surface area contributed by atoms with E-state index in [2.05, 4.69) is 59.1 Å². The Hall–Kier alpha value is -2.48. The van der Waals surface area contributed by atoms with Crippen LogP contribution in [0.3, 0.4) is 0 Å². The average Bonchev–Trinajstić information content (AvgIpc) is 3.34. The zero-order chi connectivity index (χ0) is 27.2. The number of nitrogens with one attached hydrogen (secondary N) is 1. The fraction of sp³-hybridized carbons (Fsp3) is 0.625. The molecule has 1 aliphatic carbocycles. The van der Waals surface area contributed by atoms with Gasteiger partial charge in [-0.15, -0.1) is 0 Å². The van der Waals surface area contributed by atoms with Crippen molar-refractivity contribution in [2.45, 2.75) is 83.8 Å². The predicted molar refractivity (Wildman–Crippen MR) is 159 cm³/mol. The lowest BCUT2D eigenvalue weighted by molar-refractivity contribution is 0.111. The maximum Gasteiger partial charge on any atom is 0.224 e. The zero-order valence-corrected chi connectivity index (χ0v) is 23.9. The molecule has 0 spiro atoms. The van der Waals surface area contributed by atoms with E-state index in [1.807, 2.05) is 6.20 Å². The Bertz CT molecular complexity index is 1180. The highest BCUT2D eigenvalue weighted by molar-refractivity contribution is 5.94. The lowest BCUT2D eigenvalue weighted by atomic mass is 9.89. The SMILES string of the molecule is CCC(C)CCNc1ncc2c(-c3ccc(CC4CCN(CCO)CC4)cc3)cn([C@H]3CC[C@H](O)CC3)c2n1. The molecule has 3 N–H and O–H groups in total. The van der Waals surface area contributed by atoms with E-state index in [-0.39, 0.29) is 12.7 Å². The van der Waals surface area contributed by atoms with Crippen molar-refractivity contribution in [2.24, 2.45) is 11.8 Å². The fourth-order valence-electron chi connectivity index (χ4n) is 6.30. The molecule has 212 valence electrons. The van der Waals surface area contributed by atoms with Crippen LogP contribution < -0.4 is 5.32 Å². The maximum atomic E-state index is 10.1. The third-order valence-corrected chi connectivity index (χ3v) is 9.16. The minimum absolute atomic E-state index is 0.176. The van der Waals surface area contributed by atoms with Gasteiger partial charge in [-0.2, -0.15) is 4.98 Å². The molecule has 2 fully saturated rings. The van der Waals surface area contributed by atoms with Crippen molar-refractivity contribution in [1.29, 1.82) is 0 Å². The largest absolute Gasteiger partial charge is 0.395 e. The molecule has 3 aromatic rings. The van der Waals surface area contributed by atoms with Crippen LogP contribution in [-0.4, -0.2) is 68.5 Å². The van der Waals surface area contributed by atoms with Crippen LogP contribution in [0.25, 0.3) is 22.2 Å². The minimum Gasteiger partial charge on any atom is -0.395 e. The number of hydrogen-bond donors (Lipinski definition) is 3. The topological polar surface area (TPSA) is 86.4 Å². The molecule has 0 radical (unpaired) electrons. The van der Waals surface area contributed by atoms with Gasteiger partial charge in [-0.1, -0.05) is 44.5 Å². The first-order valence-corrected chi connectivity index (χ1v) is 15.3. The average molecular weight is 534 g/mol. The highest BCUT2D eigenvalue weighted by Crippen LogP contribution is 2.37. The van der Waals surface area contributed by atoms with Crippen molar-refractivity contribution >= 4 is 17.0 Å². The molecular formula is C32H47N5O2. The first-order chi connectivity index (χ1) is 19.0. The van der Waals surface area contributed by atoms with Crippen molar-refractivity contribution in [3.8, 4) is 11.1 Å². The summed E-state index contributed by atoms with van der Waals surface area (Å²) in [7, 11) is 0. The van der Waals surface area contributed by atoms with Gasteiger partial charge in [-0.3, -0.25) is 0 Å². The maximum absolute atomic E-state index is 10.1. The Kier molecular flexibility index (Phi) is 9.53. The lowest BCUT2D eigenvalue weighted by Crippen LogP contribution is -2.36. The molecular weight excluding hydrogens is 486 g/mol. The number of likely N-dealkylation sites (tertiary alicyclic amines) is 1. The third-order valence-electron chi connectivity index (χ3n) is 9.16. The molecule has 2 aromatic heterocycles. The van der Waals surface area contributed by atoms with Crippen LogP contribution in [0, 0.1) is 11.8 Å². The van der Waals surface area contributed by atoms with Crippen LogP contribution >= 0.6 is 0 Å². The van der Waals surface area contributed by atoms with Gasteiger partial charge in [0, 0.05) is 42.5 Å². The number of aliphatic hydroxyl groups is 2. The minimum atomic E-state index is -0.176. The number of fused-ring (bicyclic) bond motifs is 1. The zero-order valence-electron chi connectivity index (χ0n) is 23.9. The van der Waals surface area contributed by atoms with Crippen molar-refractivity contribution in [2.75, 3.05) is 38.1 Å². The van der Waals surface area contributed by atoms with Crippen molar-refractivity contribution in [1.82, 2.24) is 19.4 Å². The molecule has 1 aliphatic heterocycles. The van der Waals surface area contributed by atoms with Crippen LogP contribution in [0.2, 0.25) is 0 Å². The first kappa shape index (κ1) is 28.1. The van der Waals surface area contributed by atoms with E-state index in [1.165, 1.54) is 36.0 Å². The quantitative estimate of drug-likeness (QED) is 0.294. The summed E-state index contributed by atoms with van der Waals surface area (Å²) < 4.78 is 2.35. The molecule has 3 heterocycles.